The number of hydrogen-bond donors (Lipinski definition) is 2. The predicted molar refractivity (Wildman–Crippen MR) is 70.4 cm³/mol. The smallest absolute Gasteiger partial charge is 0.257 e. The molecular weight excluding hydrogens is 254 g/mol. The number of alkyl halides is 2. The largest absolute Gasteiger partial charge is 0.357 e. The van der Waals surface area contributed by atoms with Crippen LogP contribution in [0.4, 0.5) is 8.78 Å². The van der Waals surface area contributed by atoms with Crippen LogP contribution in [-0.2, 0) is 4.79 Å². The standard InChI is InChI=1S/C12H22F2N4O/c1-3-11(19)18-6-5-9(8-18)17-12(15-4-2)16-7-10(13)14/h9-10H,3-8H2,1-2H3,(H2,15,16,17). The van der Waals surface area contributed by atoms with E-state index in [-0.39, 0.29) is 11.9 Å². The Labute approximate surface area is 112 Å². The minimum atomic E-state index is -2.45. The van der Waals surface area contributed by atoms with Crippen molar-refractivity contribution in [1.29, 1.82) is 0 Å². The summed E-state index contributed by atoms with van der Waals surface area (Å²) in [6, 6.07) is 0.0750. The Bertz CT molecular complexity index is 323. The second-order valence-corrected chi connectivity index (χ2v) is 4.43. The third kappa shape index (κ3) is 5.40. The first-order valence-corrected chi connectivity index (χ1v) is 6.67. The van der Waals surface area contributed by atoms with Crippen molar-refractivity contribution in [2.24, 2.45) is 4.99 Å². The highest BCUT2D eigenvalue weighted by Gasteiger charge is 2.25. The third-order valence-electron chi connectivity index (χ3n) is 2.92. The first kappa shape index (κ1) is 15.7. The van der Waals surface area contributed by atoms with E-state index in [0.717, 1.165) is 6.42 Å². The summed E-state index contributed by atoms with van der Waals surface area (Å²) in [6.45, 7) is 5.11. The topological polar surface area (TPSA) is 56.7 Å². The monoisotopic (exact) mass is 276 g/mol. The van der Waals surface area contributed by atoms with Gasteiger partial charge >= 0.3 is 0 Å². The van der Waals surface area contributed by atoms with Gasteiger partial charge in [0, 0.05) is 32.1 Å². The maximum Gasteiger partial charge on any atom is 0.257 e. The molecule has 0 aliphatic carbocycles. The molecule has 0 aromatic rings. The summed E-state index contributed by atoms with van der Waals surface area (Å²) in [6.07, 6.45) is -1.14. The van der Waals surface area contributed by atoms with E-state index in [9.17, 15) is 13.6 Å². The molecule has 1 unspecified atom stereocenters. The van der Waals surface area contributed by atoms with E-state index in [0.29, 0.717) is 32.0 Å². The average molecular weight is 276 g/mol. The van der Waals surface area contributed by atoms with E-state index >= 15 is 0 Å². The molecule has 1 amide bonds. The van der Waals surface area contributed by atoms with Crippen LogP contribution in [0, 0.1) is 0 Å². The van der Waals surface area contributed by atoms with Gasteiger partial charge in [-0.15, -0.1) is 0 Å². The second-order valence-electron chi connectivity index (χ2n) is 4.43. The van der Waals surface area contributed by atoms with E-state index in [4.69, 9.17) is 0 Å². The van der Waals surface area contributed by atoms with E-state index in [2.05, 4.69) is 15.6 Å². The first-order valence-electron chi connectivity index (χ1n) is 6.67. The molecule has 110 valence electrons. The Morgan fingerprint density at radius 2 is 2.21 bits per heavy atom. The molecule has 1 atom stereocenters. The molecule has 1 rings (SSSR count). The van der Waals surface area contributed by atoms with Crippen LogP contribution < -0.4 is 10.6 Å². The summed E-state index contributed by atoms with van der Waals surface area (Å²) in [5.41, 5.74) is 0. The summed E-state index contributed by atoms with van der Waals surface area (Å²) < 4.78 is 24.3. The van der Waals surface area contributed by atoms with Crippen molar-refractivity contribution in [1.82, 2.24) is 15.5 Å². The van der Waals surface area contributed by atoms with Gasteiger partial charge in [0.15, 0.2) is 5.96 Å². The molecule has 0 aromatic carbocycles. The van der Waals surface area contributed by atoms with Crippen LogP contribution in [0.5, 0.6) is 0 Å². The van der Waals surface area contributed by atoms with Gasteiger partial charge in [0.05, 0.1) is 0 Å². The molecule has 0 spiro atoms. The highest BCUT2D eigenvalue weighted by Crippen LogP contribution is 2.10. The van der Waals surface area contributed by atoms with Gasteiger partial charge in [-0.3, -0.25) is 4.79 Å². The molecule has 1 aliphatic heterocycles. The summed E-state index contributed by atoms with van der Waals surface area (Å²) in [5, 5.41) is 6.02. The SMILES string of the molecule is CCNC(=NCC(F)F)NC1CCN(C(=O)CC)C1. The summed E-state index contributed by atoms with van der Waals surface area (Å²) >= 11 is 0. The second kappa shape index (κ2) is 7.91. The minimum Gasteiger partial charge on any atom is -0.357 e. The number of aliphatic imine (C=N–C) groups is 1. The lowest BCUT2D eigenvalue weighted by Gasteiger charge is -2.18. The molecule has 1 saturated heterocycles. The maximum absolute atomic E-state index is 12.1. The number of nitrogens with one attached hydrogen (secondary N) is 2. The fourth-order valence-corrected chi connectivity index (χ4v) is 2.00. The Morgan fingerprint density at radius 3 is 2.79 bits per heavy atom. The average Bonchev–Trinajstić information content (AvgIpc) is 2.83. The number of nitrogens with zero attached hydrogens (tertiary/aromatic N) is 2. The normalized spacial score (nSPS) is 19.9. The Hall–Kier alpha value is -1.40. The van der Waals surface area contributed by atoms with Crippen LogP contribution in [0.2, 0.25) is 0 Å². The minimum absolute atomic E-state index is 0.0750. The Morgan fingerprint density at radius 1 is 1.47 bits per heavy atom. The number of halogens is 2. The van der Waals surface area contributed by atoms with E-state index in [1.54, 1.807) is 4.90 Å². The van der Waals surface area contributed by atoms with Crippen molar-refractivity contribution in [3.05, 3.63) is 0 Å². The number of rotatable bonds is 5. The van der Waals surface area contributed by atoms with E-state index in [1.165, 1.54) is 0 Å². The zero-order valence-corrected chi connectivity index (χ0v) is 11.5. The molecule has 7 heteroatoms. The molecule has 1 aliphatic rings. The number of likely N-dealkylation sites (tertiary alicyclic amines) is 1. The molecule has 0 aromatic heterocycles. The van der Waals surface area contributed by atoms with Crippen molar-refractivity contribution in [2.45, 2.75) is 39.2 Å². The summed E-state index contributed by atoms with van der Waals surface area (Å²) in [7, 11) is 0. The van der Waals surface area contributed by atoms with Crippen LogP contribution >= 0.6 is 0 Å². The highest BCUT2D eigenvalue weighted by molar-refractivity contribution is 5.80. The molecule has 5 nitrogen and oxygen atoms in total. The highest BCUT2D eigenvalue weighted by atomic mass is 19.3. The van der Waals surface area contributed by atoms with Gasteiger partial charge in [0.1, 0.15) is 6.54 Å². The fourth-order valence-electron chi connectivity index (χ4n) is 2.00. The van der Waals surface area contributed by atoms with E-state index < -0.39 is 13.0 Å². The van der Waals surface area contributed by atoms with Crippen molar-refractivity contribution in [3.63, 3.8) is 0 Å². The molecule has 19 heavy (non-hydrogen) atoms. The first-order chi connectivity index (χ1) is 9.06. The number of hydrogen-bond acceptors (Lipinski definition) is 2. The van der Waals surface area contributed by atoms with Gasteiger partial charge in [-0.2, -0.15) is 0 Å². The molecule has 0 radical (unpaired) electrons. The van der Waals surface area contributed by atoms with Gasteiger partial charge < -0.3 is 15.5 Å². The van der Waals surface area contributed by atoms with Gasteiger partial charge in [-0.05, 0) is 13.3 Å². The van der Waals surface area contributed by atoms with Crippen LogP contribution in [-0.4, -0.2) is 55.4 Å². The summed E-state index contributed by atoms with van der Waals surface area (Å²) in [5.74, 6) is 0.511. The van der Waals surface area contributed by atoms with Crippen LogP contribution in [0.3, 0.4) is 0 Å². The predicted octanol–water partition coefficient (Wildman–Crippen LogP) is 0.817. The number of carbonyl (C=O) groups is 1. The molecule has 1 fully saturated rings. The van der Waals surface area contributed by atoms with Crippen LogP contribution in [0.25, 0.3) is 0 Å². The lowest BCUT2D eigenvalue weighted by atomic mass is 10.3. The van der Waals surface area contributed by atoms with Crippen LogP contribution in [0.1, 0.15) is 26.7 Å². The van der Waals surface area contributed by atoms with Crippen molar-refractivity contribution in [3.8, 4) is 0 Å². The zero-order chi connectivity index (χ0) is 14.3. The van der Waals surface area contributed by atoms with Crippen molar-refractivity contribution < 1.29 is 13.6 Å². The van der Waals surface area contributed by atoms with Gasteiger partial charge in [0.25, 0.3) is 6.43 Å². The zero-order valence-electron chi connectivity index (χ0n) is 11.5. The number of carbonyl (C=O) groups excluding carboxylic acids is 1. The van der Waals surface area contributed by atoms with E-state index in [1.807, 2.05) is 13.8 Å². The fraction of sp³-hybridized carbons (Fsp3) is 0.833. The molecular formula is C12H22F2N4O. The lowest BCUT2D eigenvalue weighted by Crippen LogP contribution is -2.45. The molecule has 1 heterocycles. The van der Waals surface area contributed by atoms with Crippen molar-refractivity contribution in [2.75, 3.05) is 26.2 Å². The molecule has 2 N–H and O–H groups in total. The number of guanidine groups is 1. The van der Waals surface area contributed by atoms with Crippen LogP contribution in [0.15, 0.2) is 4.99 Å². The lowest BCUT2D eigenvalue weighted by molar-refractivity contribution is -0.129. The van der Waals surface area contributed by atoms with Gasteiger partial charge in [-0.25, -0.2) is 13.8 Å². The number of amides is 1. The maximum atomic E-state index is 12.1. The van der Waals surface area contributed by atoms with Crippen molar-refractivity contribution >= 4 is 11.9 Å². The molecule has 0 bridgehead atoms. The third-order valence-corrected chi connectivity index (χ3v) is 2.92. The van der Waals surface area contributed by atoms with Gasteiger partial charge in [0.2, 0.25) is 5.91 Å². The Kier molecular flexibility index (Phi) is 6.52. The van der Waals surface area contributed by atoms with Gasteiger partial charge in [-0.1, -0.05) is 6.92 Å². The quantitative estimate of drug-likeness (QED) is 0.577. The Balaban J connectivity index is 2.47. The summed E-state index contributed by atoms with van der Waals surface area (Å²) in [4.78, 5) is 17.1. The molecule has 0 saturated carbocycles.